The second-order valence-corrected chi connectivity index (χ2v) is 8.71. The Bertz CT molecular complexity index is 1010. The van der Waals surface area contributed by atoms with Crippen LogP contribution in [0.4, 0.5) is 8.78 Å². The van der Waals surface area contributed by atoms with Crippen molar-refractivity contribution in [3.63, 3.8) is 0 Å². The van der Waals surface area contributed by atoms with Gasteiger partial charge < -0.3 is 14.6 Å². The third kappa shape index (κ3) is 3.87. The lowest BCUT2D eigenvalue weighted by Gasteiger charge is -2.22. The molecule has 1 unspecified atom stereocenters. The van der Waals surface area contributed by atoms with Gasteiger partial charge in [-0.15, -0.1) is 0 Å². The van der Waals surface area contributed by atoms with E-state index in [1.54, 1.807) is 26.0 Å². The molecule has 1 aliphatic heterocycles. The molecule has 1 N–H and O–H groups in total. The molecule has 0 saturated heterocycles. The summed E-state index contributed by atoms with van der Waals surface area (Å²) in [7, 11) is -3.36. The van der Waals surface area contributed by atoms with E-state index in [1.807, 2.05) is 0 Å². The largest absolute Gasteiger partial charge is 0.456 e. The van der Waals surface area contributed by atoms with Crippen molar-refractivity contribution in [2.24, 2.45) is 0 Å². The van der Waals surface area contributed by atoms with Crippen LogP contribution in [0.1, 0.15) is 19.4 Å². The Morgan fingerprint density at radius 1 is 1.07 bits per heavy atom. The minimum absolute atomic E-state index is 0.00509. The summed E-state index contributed by atoms with van der Waals surface area (Å²) >= 11 is 0. The first kappa shape index (κ1) is 19.5. The third-order valence-electron chi connectivity index (χ3n) is 4.17. The summed E-state index contributed by atoms with van der Waals surface area (Å²) in [5, 5.41) is 10.3. The van der Waals surface area contributed by atoms with Crippen molar-refractivity contribution in [2.75, 3.05) is 6.26 Å². The van der Waals surface area contributed by atoms with Crippen molar-refractivity contribution in [1.82, 2.24) is 0 Å². The highest BCUT2D eigenvalue weighted by Crippen LogP contribution is 2.42. The number of aliphatic hydroxyl groups excluding tert-OH is 1. The molecule has 0 aliphatic carbocycles. The second-order valence-electron chi connectivity index (χ2n) is 6.69. The molecular formula is C19H18F2O5S. The van der Waals surface area contributed by atoms with Gasteiger partial charge in [-0.2, -0.15) is 0 Å². The lowest BCUT2D eigenvalue weighted by molar-refractivity contribution is -0.121. The lowest BCUT2D eigenvalue weighted by atomic mass is 9.92. The maximum Gasteiger partial charge on any atom is 0.216 e. The summed E-state index contributed by atoms with van der Waals surface area (Å²) in [4.78, 5) is 0.146. The average molecular weight is 396 g/mol. The summed E-state index contributed by atoms with van der Waals surface area (Å²) in [6, 6.07) is 9.03. The molecule has 0 radical (unpaired) electrons. The molecule has 0 spiro atoms. The predicted octanol–water partition coefficient (Wildman–Crippen LogP) is 3.29. The fourth-order valence-electron chi connectivity index (χ4n) is 2.94. The van der Waals surface area contributed by atoms with Crippen LogP contribution in [0.5, 0.6) is 5.75 Å². The fraction of sp³-hybridized carbons (Fsp3) is 0.263. The molecule has 27 heavy (non-hydrogen) atoms. The van der Waals surface area contributed by atoms with Crippen molar-refractivity contribution >= 4 is 15.4 Å². The molecule has 3 rings (SSSR count). The van der Waals surface area contributed by atoms with E-state index < -0.39 is 33.4 Å². The fourth-order valence-corrected chi connectivity index (χ4v) is 3.57. The van der Waals surface area contributed by atoms with Crippen LogP contribution < -0.4 is 4.74 Å². The SMILES string of the molecule is CC1(C)OC(O)C(Oc2ccc(F)c(F)c2)=C1c1ccc(S(C)(=O)=O)cc1. The van der Waals surface area contributed by atoms with Crippen LogP contribution in [0.25, 0.3) is 5.57 Å². The van der Waals surface area contributed by atoms with E-state index in [-0.39, 0.29) is 16.4 Å². The van der Waals surface area contributed by atoms with Gasteiger partial charge in [-0.1, -0.05) is 12.1 Å². The van der Waals surface area contributed by atoms with Gasteiger partial charge in [0.25, 0.3) is 0 Å². The van der Waals surface area contributed by atoms with E-state index >= 15 is 0 Å². The van der Waals surface area contributed by atoms with Crippen molar-refractivity contribution in [2.45, 2.75) is 30.6 Å². The molecular weight excluding hydrogens is 378 g/mol. The normalized spacial score (nSPS) is 19.4. The summed E-state index contributed by atoms with van der Waals surface area (Å²) in [6.07, 6.45) is -0.316. The molecule has 2 aromatic carbocycles. The maximum absolute atomic E-state index is 13.5. The third-order valence-corrected chi connectivity index (χ3v) is 5.30. The highest BCUT2D eigenvalue weighted by Gasteiger charge is 2.42. The highest BCUT2D eigenvalue weighted by molar-refractivity contribution is 7.90. The van der Waals surface area contributed by atoms with Crippen molar-refractivity contribution in [3.05, 3.63) is 65.4 Å². The Morgan fingerprint density at radius 2 is 1.70 bits per heavy atom. The Labute approximate surface area is 155 Å². The minimum Gasteiger partial charge on any atom is -0.456 e. The number of hydrogen-bond acceptors (Lipinski definition) is 5. The molecule has 0 aromatic heterocycles. The molecule has 1 heterocycles. The van der Waals surface area contributed by atoms with E-state index in [0.717, 1.165) is 18.4 Å². The van der Waals surface area contributed by atoms with Gasteiger partial charge in [0.15, 0.2) is 27.2 Å². The van der Waals surface area contributed by atoms with Crippen molar-refractivity contribution in [3.8, 4) is 5.75 Å². The van der Waals surface area contributed by atoms with Crippen LogP contribution in [0.3, 0.4) is 0 Å². The zero-order valence-corrected chi connectivity index (χ0v) is 15.7. The summed E-state index contributed by atoms with van der Waals surface area (Å²) in [6.45, 7) is 3.41. The van der Waals surface area contributed by atoms with Crippen molar-refractivity contribution in [1.29, 1.82) is 0 Å². The average Bonchev–Trinajstić information content (AvgIpc) is 2.78. The molecule has 5 nitrogen and oxygen atoms in total. The van der Waals surface area contributed by atoms with Gasteiger partial charge in [0.2, 0.25) is 6.29 Å². The number of ether oxygens (including phenoxy) is 2. The monoisotopic (exact) mass is 396 g/mol. The lowest BCUT2D eigenvalue weighted by Crippen LogP contribution is -2.24. The quantitative estimate of drug-likeness (QED) is 0.859. The number of hydrogen-bond donors (Lipinski definition) is 1. The number of aliphatic hydroxyl groups is 1. The predicted molar refractivity (Wildman–Crippen MR) is 94.6 cm³/mol. The minimum atomic E-state index is -3.36. The van der Waals surface area contributed by atoms with Gasteiger partial charge in [-0.25, -0.2) is 17.2 Å². The Morgan fingerprint density at radius 3 is 2.26 bits per heavy atom. The Kier molecular flexibility index (Phi) is 4.83. The zero-order chi connectivity index (χ0) is 20.0. The van der Waals surface area contributed by atoms with Gasteiger partial charge in [0, 0.05) is 17.9 Å². The summed E-state index contributed by atoms with van der Waals surface area (Å²) in [5.41, 5.74) is 0.0845. The number of halogens is 2. The van der Waals surface area contributed by atoms with Crippen LogP contribution in [-0.4, -0.2) is 31.7 Å². The highest BCUT2D eigenvalue weighted by atomic mass is 32.2. The number of rotatable bonds is 4. The van der Waals surface area contributed by atoms with Crippen LogP contribution in [0.15, 0.2) is 53.1 Å². The Hall–Kier alpha value is -2.29. The van der Waals surface area contributed by atoms with Gasteiger partial charge in [-0.05, 0) is 43.7 Å². The van der Waals surface area contributed by atoms with Gasteiger partial charge >= 0.3 is 0 Å². The van der Waals surface area contributed by atoms with Gasteiger partial charge in [0.1, 0.15) is 5.75 Å². The standard InChI is InChI=1S/C19H18F2O5S/c1-19(2)16(11-4-7-13(8-5-11)27(3,23)24)17(18(22)26-19)25-12-6-9-14(20)15(21)10-12/h4-10,18,22H,1-3H3. The van der Waals surface area contributed by atoms with E-state index in [1.165, 1.54) is 18.2 Å². The van der Waals surface area contributed by atoms with Crippen molar-refractivity contribution < 1.29 is 31.8 Å². The van der Waals surface area contributed by atoms with Gasteiger partial charge in [0.05, 0.1) is 10.5 Å². The molecule has 144 valence electrons. The van der Waals surface area contributed by atoms with Crippen LogP contribution in [0.2, 0.25) is 0 Å². The van der Waals surface area contributed by atoms with Crippen LogP contribution in [-0.2, 0) is 14.6 Å². The van der Waals surface area contributed by atoms with E-state index in [0.29, 0.717) is 11.1 Å². The summed E-state index contributed by atoms with van der Waals surface area (Å²) in [5.74, 6) is -2.08. The summed E-state index contributed by atoms with van der Waals surface area (Å²) < 4.78 is 61.0. The molecule has 1 atom stereocenters. The second kappa shape index (κ2) is 6.70. The smallest absolute Gasteiger partial charge is 0.216 e. The molecule has 1 aliphatic rings. The number of benzene rings is 2. The van der Waals surface area contributed by atoms with Gasteiger partial charge in [-0.3, -0.25) is 0 Å². The molecule has 0 amide bonds. The van der Waals surface area contributed by atoms with Crippen LogP contribution >= 0.6 is 0 Å². The first-order chi connectivity index (χ1) is 12.5. The van der Waals surface area contributed by atoms with E-state index in [9.17, 15) is 22.3 Å². The van der Waals surface area contributed by atoms with E-state index in [4.69, 9.17) is 9.47 Å². The first-order valence-electron chi connectivity index (χ1n) is 8.03. The number of sulfone groups is 1. The molecule has 0 fully saturated rings. The topological polar surface area (TPSA) is 72.8 Å². The zero-order valence-electron chi connectivity index (χ0n) is 14.9. The molecule has 0 bridgehead atoms. The maximum atomic E-state index is 13.5. The molecule has 0 saturated carbocycles. The van der Waals surface area contributed by atoms with Crippen LogP contribution in [0, 0.1) is 11.6 Å². The van der Waals surface area contributed by atoms with E-state index in [2.05, 4.69) is 0 Å². The molecule has 8 heteroatoms. The molecule has 2 aromatic rings. The Balaban J connectivity index is 2.07. The first-order valence-corrected chi connectivity index (χ1v) is 9.92.